The maximum atomic E-state index is 11.9. The quantitative estimate of drug-likeness (QED) is 0.844. The summed E-state index contributed by atoms with van der Waals surface area (Å²) >= 11 is 0. The summed E-state index contributed by atoms with van der Waals surface area (Å²) in [6.07, 6.45) is -0.245. The molecule has 0 spiro atoms. The van der Waals surface area contributed by atoms with Gasteiger partial charge in [-0.25, -0.2) is 9.59 Å². The maximum absolute atomic E-state index is 11.9. The zero-order valence-corrected chi connectivity index (χ0v) is 13.6. The van der Waals surface area contributed by atoms with Gasteiger partial charge in [-0.15, -0.1) is 0 Å². The molecule has 2 N–H and O–H groups in total. The van der Waals surface area contributed by atoms with Gasteiger partial charge in [-0.2, -0.15) is 0 Å². The van der Waals surface area contributed by atoms with Gasteiger partial charge in [-0.1, -0.05) is 48.5 Å². The molecule has 0 saturated heterocycles. The first-order valence-electron chi connectivity index (χ1n) is 8.06. The summed E-state index contributed by atoms with van der Waals surface area (Å²) in [6.45, 7) is 0.0877. The second kappa shape index (κ2) is 7.70. The Bertz CT molecular complexity index is 721. The van der Waals surface area contributed by atoms with Crippen LogP contribution in [0.1, 0.15) is 17.5 Å². The molecule has 0 aliphatic carbocycles. The van der Waals surface area contributed by atoms with Crippen LogP contribution in [-0.2, 0) is 22.6 Å². The topological polar surface area (TPSA) is 84.9 Å². The van der Waals surface area contributed by atoms with Crippen molar-refractivity contribution in [1.29, 1.82) is 0 Å². The van der Waals surface area contributed by atoms with Gasteiger partial charge in [-0.05, 0) is 17.2 Å². The minimum atomic E-state index is -1.11. The predicted octanol–water partition coefficient (Wildman–Crippen LogP) is 2.76. The van der Waals surface area contributed by atoms with Crippen LogP contribution < -0.4 is 10.1 Å². The molecule has 2 aromatic rings. The maximum Gasteiger partial charge on any atom is 0.408 e. The summed E-state index contributed by atoms with van der Waals surface area (Å²) < 4.78 is 10.8. The van der Waals surface area contributed by atoms with Gasteiger partial charge in [0, 0.05) is 12.8 Å². The Morgan fingerprint density at radius 3 is 2.60 bits per heavy atom. The standard InChI is InChI=1S/C19H19NO5/c21-18(22)16(11-15-10-14-8-4-5-9-17(14)25-15)20-19(23)24-12-13-6-2-1-3-7-13/h1-9,15-16H,10-12H2,(H,20,23)(H,21,22). The number of ether oxygens (including phenoxy) is 2. The van der Waals surface area contributed by atoms with Gasteiger partial charge < -0.3 is 19.9 Å². The molecule has 0 saturated carbocycles. The van der Waals surface area contributed by atoms with Crippen molar-refractivity contribution in [3.8, 4) is 5.75 Å². The predicted molar refractivity (Wildman–Crippen MR) is 90.4 cm³/mol. The highest BCUT2D eigenvalue weighted by atomic mass is 16.5. The minimum absolute atomic E-state index is 0.0877. The molecular weight excluding hydrogens is 322 g/mol. The molecule has 2 unspecified atom stereocenters. The molecule has 130 valence electrons. The van der Waals surface area contributed by atoms with E-state index >= 15 is 0 Å². The van der Waals surface area contributed by atoms with Gasteiger partial charge in [-0.3, -0.25) is 0 Å². The second-order valence-corrected chi connectivity index (χ2v) is 5.88. The molecule has 2 aromatic carbocycles. The number of rotatable bonds is 6. The number of carbonyl (C=O) groups is 2. The molecule has 1 amide bonds. The summed E-state index contributed by atoms with van der Waals surface area (Å²) in [5.41, 5.74) is 1.88. The average molecular weight is 341 g/mol. The normalized spacial score (nSPS) is 16.4. The van der Waals surface area contributed by atoms with Crippen LogP contribution >= 0.6 is 0 Å². The molecule has 0 aromatic heterocycles. The summed E-state index contributed by atoms with van der Waals surface area (Å²) in [5.74, 6) is -0.348. The number of hydrogen-bond acceptors (Lipinski definition) is 4. The largest absolute Gasteiger partial charge is 0.490 e. The molecule has 25 heavy (non-hydrogen) atoms. The first kappa shape index (κ1) is 16.8. The summed E-state index contributed by atoms with van der Waals surface area (Å²) in [5, 5.41) is 11.8. The van der Waals surface area contributed by atoms with E-state index < -0.39 is 18.1 Å². The summed E-state index contributed by atoms with van der Waals surface area (Å²) in [7, 11) is 0. The SMILES string of the molecule is O=C(NC(CC1Cc2ccccc2O1)C(=O)O)OCc1ccccc1. The molecular formula is C19H19NO5. The van der Waals surface area contributed by atoms with Crippen LogP contribution in [0.15, 0.2) is 54.6 Å². The van der Waals surface area contributed by atoms with E-state index in [2.05, 4.69) is 5.32 Å². The van der Waals surface area contributed by atoms with Crippen LogP contribution in [0.25, 0.3) is 0 Å². The molecule has 0 bridgehead atoms. The Balaban J connectivity index is 1.51. The lowest BCUT2D eigenvalue weighted by Gasteiger charge is -2.18. The minimum Gasteiger partial charge on any atom is -0.490 e. The van der Waals surface area contributed by atoms with Crippen LogP contribution in [0.5, 0.6) is 5.75 Å². The van der Waals surface area contributed by atoms with E-state index in [9.17, 15) is 14.7 Å². The van der Waals surface area contributed by atoms with Gasteiger partial charge >= 0.3 is 12.1 Å². The van der Waals surface area contributed by atoms with E-state index in [0.29, 0.717) is 6.42 Å². The molecule has 1 heterocycles. The Labute approximate surface area is 145 Å². The smallest absolute Gasteiger partial charge is 0.408 e. The number of carbonyl (C=O) groups excluding carboxylic acids is 1. The van der Waals surface area contributed by atoms with Gasteiger partial charge in [0.25, 0.3) is 0 Å². The van der Waals surface area contributed by atoms with Crippen LogP contribution in [0.3, 0.4) is 0 Å². The lowest BCUT2D eigenvalue weighted by molar-refractivity contribution is -0.140. The third kappa shape index (κ3) is 4.50. The molecule has 1 aliphatic rings. The Morgan fingerprint density at radius 1 is 1.16 bits per heavy atom. The highest BCUT2D eigenvalue weighted by molar-refractivity contribution is 5.79. The van der Waals surface area contributed by atoms with E-state index in [1.165, 1.54) is 0 Å². The first-order valence-corrected chi connectivity index (χ1v) is 8.06. The number of nitrogens with one attached hydrogen (secondary N) is 1. The lowest BCUT2D eigenvalue weighted by Crippen LogP contribution is -2.43. The average Bonchev–Trinajstić information content (AvgIpc) is 3.02. The first-order chi connectivity index (χ1) is 12.1. The number of fused-ring (bicyclic) bond motifs is 1. The van der Waals surface area contributed by atoms with Crippen LogP contribution in [-0.4, -0.2) is 29.3 Å². The fraction of sp³-hybridized carbons (Fsp3) is 0.263. The van der Waals surface area contributed by atoms with Crippen molar-refractivity contribution in [1.82, 2.24) is 5.32 Å². The van der Waals surface area contributed by atoms with Crippen molar-refractivity contribution in [3.05, 3.63) is 65.7 Å². The van der Waals surface area contributed by atoms with Gasteiger partial charge in [0.05, 0.1) is 0 Å². The van der Waals surface area contributed by atoms with Crippen molar-refractivity contribution in [2.45, 2.75) is 31.6 Å². The number of hydrogen-bond donors (Lipinski definition) is 2. The molecule has 0 fully saturated rings. The van der Waals surface area contributed by atoms with Crippen molar-refractivity contribution in [3.63, 3.8) is 0 Å². The van der Waals surface area contributed by atoms with E-state index in [1.54, 1.807) is 0 Å². The highest BCUT2D eigenvalue weighted by Gasteiger charge is 2.30. The molecule has 3 rings (SSSR count). The van der Waals surface area contributed by atoms with Gasteiger partial charge in [0.1, 0.15) is 24.5 Å². The van der Waals surface area contributed by atoms with Crippen LogP contribution in [0.2, 0.25) is 0 Å². The van der Waals surface area contributed by atoms with Crippen molar-refractivity contribution in [2.24, 2.45) is 0 Å². The fourth-order valence-corrected chi connectivity index (χ4v) is 2.78. The zero-order valence-electron chi connectivity index (χ0n) is 13.6. The van der Waals surface area contributed by atoms with E-state index in [4.69, 9.17) is 9.47 Å². The Morgan fingerprint density at radius 2 is 1.88 bits per heavy atom. The molecule has 1 aliphatic heterocycles. The number of amides is 1. The zero-order chi connectivity index (χ0) is 17.6. The number of alkyl carbamates (subject to hydrolysis) is 1. The Hall–Kier alpha value is -3.02. The monoisotopic (exact) mass is 341 g/mol. The van der Waals surface area contributed by atoms with Gasteiger partial charge in [0.2, 0.25) is 0 Å². The second-order valence-electron chi connectivity index (χ2n) is 5.88. The van der Waals surface area contributed by atoms with Crippen LogP contribution in [0.4, 0.5) is 4.79 Å². The third-order valence-corrected chi connectivity index (χ3v) is 4.02. The van der Waals surface area contributed by atoms with E-state index in [1.807, 2.05) is 54.6 Å². The van der Waals surface area contributed by atoms with Crippen molar-refractivity contribution < 1.29 is 24.2 Å². The van der Waals surface area contributed by atoms with Gasteiger partial charge in [0.15, 0.2) is 0 Å². The molecule has 6 nitrogen and oxygen atoms in total. The van der Waals surface area contributed by atoms with Crippen molar-refractivity contribution >= 4 is 12.1 Å². The number of para-hydroxylation sites is 1. The molecule has 2 atom stereocenters. The fourth-order valence-electron chi connectivity index (χ4n) is 2.78. The number of aliphatic carboxylic acids is 1. The third-order valence-electron chi connectivity index (χ3n) is 4.02. The van der Waals surface area contributed by atoms with E-state index in [0.717, 1.165) is 16.9 Å². The lowest BCUT2D eigenvalue weighted by atomic mass is 10.0. The summed E-state index contributed by atoms with van der Waals surface area (Å²) in [4.78, 5) is 23.3. The number of benzene rings is 2. The highest BCUT2D eigenvalue weighted by Crippen LogP contribution is 2.29. The number of carboxylic acids is 1. The Kier molecular flexibility index (Phi) is 5.18. The number of carboxylic acid groups (broad SMARTS) is 1. The molecule has 6 heteroatoms. The van der Waals surface area contributed by atoms with Crippen molar-refractivity contribution in [2.75, 3.05) is 0 Å². The van der Waals surface area contributed by atoms with Crippen LogP contribution in [0, 0.1) is 0 Å². The summed E-state index contributed by atoms with van der Waals surface area (Å²) in [6, 6.07) is 15.7. The van der Waals surface area contributed by atoms with E-state index in [-0.39, 0.29) is 19.1 Å². The molecule has 0 radical (unpaired) electrons.